The number of benzene rings is 1. The summed E-state index contributed by atoms with van der Waals surface area (Å²) in [5.41, 5.74) is 0.813. The van der Waals surface area contributed by atoms with Crippen molar-refractivity contribution in [1.82, 2.24) is 4.90 Å². The monoisotopic (exact) mass is 292 g/mol. The number of anilines is 1. The van der Waals surface area contributed by atoms with Crippen LogP contribution in [0.2, 0.25) is 0 Å². The molecule has 1 aliphatic heterocycles. The summed E-state index contributed by atoms with van der Waals surface area (Å²) in [7, 11) is 0. The average molecular weight is 292 g/mol. The highest BCUT2D eigenvalue weighted by atomic mass is 32.2. The number of hydrogen-bond acceptors (Lipinski definition) is 3. The van der Waals surface area contributed by atoms with Gasteiger partial charge in [0.2, 0.25) is 11.8 Å². The first kappa shape index (κ1) is 14.9. The van der Waals surface area contributed by atoms with Gasteiger partial charge in [-0.05, 0) is 43.4 Å². The third kappa shape index (κ3) is 3.76. The molecule has 1 aliphatic rings. The van der Waals surface area contributed by atoms with Gasteiger partial charge >= 0.3 is 0 Å². The standard InChI is InChI=1S/C15H20N2O2S/c1-11(18)17-9-3-4-12(10-17)15(19)16-13-5-7-14(20-2)8-6-13/h5-8,12H,3-4,9-10H2,1-2H3,(H,16,19)/t12-/m0/s1. The summed E-state index contributed by atoms with van der Waals surface area (Å²) in [6, 6.07) is 7.80. The second kappa shape index (κ2) is 6.79. The van der Waals surface area contributed by atoms with Gasteiger partial charge in [0.05, 0.1) is 5.92 Å². The average Bonchev–Trinajstić information content (AvgIpc) is 2.48. The molecule has 2 rings (SSSR count). The van der Waals surface area contributed by atoms with E-state index in [1.807, 2.05) is 30.5 Å². The van der Waals surface area contributed by atoms with Crippen molar-refractivity contribution in [2.75, 3.05) is 24.7 Å². The minimum atomic E-state index is -0.104. The largest absolute Gasteiger partial charge is 0.342 e. The number of nitrogens with zero attached hydrogens (tertiary/aromatic N) is 1. The lowest BCUT2D eigenvalue weighted by Gasteiger charge is -2.31. The van der Waals surface area contributed by atoms with Crippen LogP contribution < -0.4 is 5.32 Å². The number of thioether (sulfide) groups is 1. The normalized spacial score (nSPS) is 18.7. The smallest absolute Gasteiger partial charge is 0.229 e. The first-order valence-electron chi connectivity index (χ1n) is 6.80. The number of carbonyl (C=O) groups is 2. The lowest BCUT2D eigenvalue weighted by Crippen LogP contribution is -2.42. The molecule has 2 amide bonds. The number of rotatable bonds is 3. The summed E-state index contributed by atoms with van der Waals surface area (Å²) in [6.45, 7) is 2.85. The lowest BCUT2D eigenvalue weighted by atomic mass is 9.97. The molecule has 108 valence electrons. The van der Waals surface area contributed by atoms with Crippen LogP contribution in [0.5, 0.6) is 0 Å². The Morgan fingerprint density at radius 1 is 1.30 bits per heavy atom. The first-order valence-corrected chi connectivity index (χ1v) is 8.03. The highest BCUT2D eigenvalue weighted by molar-refractivity contribution is 7.98. The molecule has 0 bridgehead atoms. The Balaban J connectivity index is 1.95. The van der Waals surface area contributed by atoms with Gasteiger partial charge in [-0.2, -0.15) is 0 Å². The Morgan fingerprint density at radius 2 is 2.00 bits per heavy atom. The molecule has 0 spiro atoms. The van der Waals surface area contributed by atoms with Gasteiger partial charge in [-0.3, -0.25) is 9.59 Å². The van der Waals surface area contributed by atoms with E-state index >= 15 is 0 Å². The predicted molar refractivity (Wildman–Crippen MR) is 81.8 cm³/mol. The van der Waals surface area contributed by atoms with Crippen molar-refractivity contribution in [3.05, 3.63) is 24.3 Å². The molecule has 1 saturated heterocycles. The van der Waals surface area contributed by atoms with Crippen molar-refractivity contribution in [3.8, 4) is 0 Å². The second-order valence-electron chi connectivity index (χ2n) is 5.02. The van der Waals surface area contributed by atoms with Crippen molar-refractivity contribution in [2.45, 2.75) is 24.7 Å². The maximum absolute atomic E-state index is 12.2. The van der Waals surface area contributed by atoms with Crippen LogP contribution in [0.1, 0.15) is 19.8 Å². The van der Waals surface area contributed by atoms with E-state index in [0.717, 1.165) is 25.1 Å². The summed E-state index contributed by atoms with van der Waals surface area (Å²) in [6.07, 6.45) is 3.76. The highest BCUT2D eigenvalue weighted by Gasteiger charge is 2.26. The highest BCUT2D eigenvalue weighted by Crippen LogP contribution is 2.21. The SMILES string of the molecule is CSc1ccc(NC(=O)[C@H]2CCCN(C(C)=O)C2)cc1. The number of carbonyl (C=O) groups excluding carboxylic acids is 2. The molecule has 1 aromatic carbocycles. The van der Waals surface area contributed by atoms with Crippen molar-refractivity contribution >= 4 is 29.3 Å². The molecule has 1 heterocycles. The molecular formula is C15H20N2O2S. The number of piperidine rings is 1. The van der Waals surface area contributed by atoms with Crippen molar-refractivity contribution in [2.24, 2.45) is 5.92 Å². The summed E-state index contributed by atoms with van der Waals surface area (Å²) in [5, 5.41) is 2.94. The minimum absolute atomic E-state index is 0.00727. The molecule has 20 heavy (non-hydrogen) atoms. The molecule has 0 aromatic heterocycles. The summed E-state index contributed by atoms with van der Waals surface area (Å²) >= 11 is 1.67. The maximum atomic E-state index is 12.2. The van der Waals surface area contributed by atoms with E-state index < -0.39 is 0 Å². The molecule has 0 radical (unpaired) electrons. The van der Waals surface area contributed by atoms with E-state index in [2.05, 4.69) is 5.32 Å². The fraction of sp³-hybridized carbons (Fsp3) is 0.467. The first-order chi connectivity index (χ1) is 9.60. The van der Waals surface area contributed by atoms with Crippen LogP contribution in [-0.2, 0) is 9.59 Å². The van der Waals surface area contributed by atoms with Gasteiger partial charge in [-0.25, -0.2) is 0 Å². The molecule has 1 aromatic rings. The van der Waals surface area contributed by atoms with Gasteiger partial charge in [0.25, 0.3) is 0 Å². The van der Waals surface area contributed by atoms with Crippen LogP contribution in [0.4, 0.5) is 5.69 Å². The van der Waals surface area contributed by atoms with Crippen LogP contribution >= 0.6 is 11.8 Å². The van der Waals surface area contributed by atoms with E-state index in [9.17, 15) is 9.59 Å². The van der Waals surface area contributed by atoms with Gasteiger partial charge in [0.15, 0.2) is 0 Å². The van der Waals surface area contributed by atoms with E-state index in [1.54, 1.807) is 23.6 Å². The second-order valence-corrected chi connectivity index (χ2v) is 5.90. The fourth-order valence-electron chi connectivity index (χ4n) is 2.40. The van der Waals surface area contributed by atoms with Crippen molar-refractivity contribution in [3.63, 3.8) is 0 Å². The fourth-order valence-corrected chi connectivity index (χ4v) is 2.80. The Bertz CT molecular complexity index is 487. The molecule has 1 N–H and O–H groups in total. The van der Waals surface area contributed by atoms with Crippen LogP contribution in [0.15, 0.2) is 29.2 Å². The molecular weight excluding hydrogens is 272 g/mol. The third-order valence-corrected chi connectivity index (χ3v) is 4.34. The third-order valence-electron chi connectivity index (χ3n) is 3.60. The van der Waals surface area contributed by atoms with Gasteiger partial charge in [-0.1, -0.05) is 0 Å². The molecule has 4 nitrogen and oxygen atoms in total. The number of amides is 2. The zero-order chi connectivity index (χ0) is 14.5. The Kier molecular flexibility index (Phi) is 5.06. The Morgan fingerprint density at radius 3 is 2.60 bits per heavy atom. The van der Waals surface area contributed by atoms with E-state index in [0.29, 0.717) is 6.54 Å². The molecule has 0 saturated carbocycles. The van der Waals surface area contributed by atoms with Gasteiger partial charge in [0.1, 0.15) is 0 Å². The lowest BCUT2D eigenvalue weighted by molar-refractivity contribution is -0.132. The molecule has 0 unspecified atom stereocenters. The van der Waals surface area contributed by atoms with Crippen molar-refractivity contribution < 1.29 is 9.59 Å². The van der Waals surface area contributed by atoms with Crippen LogP contribution in [0.3, 0.4) is 0 Å². The van der Waals surface area contributed by atoms with E-state index in [1.165, 1.54) is 4.90 Å². The Hall–Kier alpha value is -1.49. The zero-order valence-corrected chi connectivity index (χ0v) is 12.7. The Labute approximate surface area is 123 Å². The molecule has 5 heteroatoms. The minimum Gasteiger partial charge on any atom is -0.342 e. The van der Waals surface area contributed by atoms with Crippen LogP contribution in [0.25, 0.3) is 0 Å². The quantitative estimate of drug-likeness (QED) is 0.871. The summed E-state index contributed by atoms with van der Waals surface area (Å²) < 4.78 is 0. The van der Waals surface area contributed by atoms with E-state index in [4.69, 9.17) is 0 Å². The molecule has 1 fully saturated rings. The number of nitrogens with one attached hydrogen (secondary N) is 1. The zero-order valence-electron chi connectivity index (χ0n) is 11.9. The number of hydrogen-bond donors (Lipinski definition) is 1. The van der Waals surface area contributed by atoms with Gasteiger partial charge < -0.3 is 10.2 Å². The molecule has 1 atom stereocenters. The van der Waals surface area contributed by atoms with Crippen molar-refractivity contribution in [1.29, 1.82) is 0 Å². The van der Waals surface area contributed by atoms with E-state index in [-0.39, 0.29) is 17.7 Å². The molecule has 0 aliphatic carbocycles. The number of likely N-dealkylation sites (tertiary alicyclic amines) is 1. The predicted octanol–water partition coefficient (Wildman–Crippen LogP) is 2.61. The maximum Gasteiger partial charge on any atom is 0.229 e. The van der Waals surface area contributed by atoms with Gasteiger partial charge in [0, 0.05) is 30.6 Å². The van der Waals surface area contributed by atoms with Crippen LogP contribution in [0, 0.1) is 5.92 Å². The summed E-state index contributed by atoms with van der Waals surface area (Å²) in [5.74, 6) is -0.0486. The summed E-state index contributed by atoms with van der Waals surface area (Å²) in [4.78, 5) is 26.5. The van der Waals surface area contributed by atoms with Gasteiger partial charge in [-0.15, -0.1) is 11.8 Å². The topological polar surface area (TPSA) is 49.4 Å². The van der Waals surface area contributed by atoms with Crippen LogP contribution in [-0.4, -0.2) is 36.1 Å².